The second-order valence-electron chi connectivity index (χ2n) is 29.1. The van der Waals surface area contributed by atoms with E-state index in [1.807, 2.05) is 108 Å². The number of para-hydroxylation sites is 2. The molecule has 0 radical (unpaired) electrons. The molecule has 0 N–H and O–H groups in total. The molecule has 114 heavy (non-hydrogen) atoms. The van der Waals surface area contributed by atoms with Crippen LogP contribution in [0.15, 0.2) is 349 Å². The van der Waals surface area contributed by atoms with Crippen molar-refractivity contribution in [1.82, 2.24) is 29.9 Å². The molecule has 0 fully saturated rings. The first kappa shape index (κ1) is 64.8. The normalized spacial score (nSPS) is 12.0. The first-order valence-corrected chi connectivity index (χ1v) is 41.2. The van der Waals surface area contributed by atoms with Crippen molar-refractivity contribution in [3.05, 3.63) is 340 Å². The number of aromatic nitrogens is 6. The Kier molecular flexibility index (Phi) is 14.7. The highest BCUT2D eigenvalue weighted by Crippen LogP contribution is 2.52. The topological polar surface area (TPSA) is 104 Å². The molecule has 24 aromatic rings. The number of hydrogen-bond acceptors (Lipinski definition) is 12. The molecule has 12 heteroatoms. The number of hydrogen-bond donors (Lipinski definition) is 0. The van der Waals surface area contributed by atoms with Gasteiger partial charge in [0.05, 0.1) is 0 Å². The van der Waals surface area contributed by atoms with Crippen molar-refractivity contribution in [2.24, 2.45) is 0 Å². The summed E-state index contributed by atoms with van der Waals surface area (Å²) in [5, 5.41) is 14.1. The predicted octanol–water partition coefficient (Wildman–Crippen LogP) is 29.7. The number of benzene rings is 16. The Morgan fingerprint density at radius 2 is 0.579 bits per heavy atom. The van der Waals surface area contributed by atoms with Crippen LogP contribution >= 0.6 is 45.3 Å². The molecule has 0 atom stereocenters. The lowest BCUT2D eigenvalue weighted by Gasteiger charge is -2.13. The van der Waals surface area contributed by atoms with E-state index in [1.165, 1.54) is 82.4 Å². The number of rotatable bonds is 11. The van der Waals surface area contributed by atoms with Crippen LogP contribution in [-0.4, -0.2) is 29.9 Å². The van der Waals surface area contributed by atoms with Crippen LogP contribution in [0.4, 0.5) is 0 Å². The average molecular weight is 1530 g/mol. The van der Waals surface area contributed by atoms with E-state index in [-0.39, 0.29) is 0 Å². The van der Waals surface area contributed by atoms with Gasteiger partial charge >= 0.3 is 0 Å². The van der Waals surface area contributed by atoms with Gasteiger partial charge in [0.15, 0.2) is 34.9 Å². The average Bonchev–Trinajstić information content (AvgIpc) is 1.56. The number of furan rings is 2. The van der Waals surface area contributed by atoms with Crippen LogP contribution in [0.3, 0.4) is 0 Å². The molecule has 8 nitrogen and oxygen atoms in total. The molecule has 0 unspecified atom stereocenters. The first-order valence-electron chi connectivity index (χ1n) is 37.9. The minimum absolute atomic E-state index is 0.572. The van der Waals surface area contributed by atoms with Gasteiger partial charge in [-0.25, -0.2) is 29.9 Å². The molecular weight excluding hydrogens is 1470 g/mol. The summed E-state index contributed by atoms with van der Waals surface area (Å²) < 4.78 is 23.4. The maximum atomic E-state index is 7.17. The van der Waals surface area contributed by atoms with E-state index in [1.54, 1.807) is 22.7 Å². The highest BCUT2D eigenvalue weighted by Gasteiger charge is 2.26. The molecule has 0 bridgehead atoms. The molecule has 0 saturated carbocycles. The lowest BCUT2D eigenvalue weighted by atomic mass is 9.90. The minimum Gasteiger partial charge on any atom is -0.456 e. The smallest absolute Gasteiger partial charge is 0.164 e. The monoisotopic (exact) mass is 1520 g/mol. The summed E-state index contributed by atoms with van der Waals surface area (Å²) >= 11 is 7.29. The van der Waals surface area contributed by atoms with Gasteiger partial charge in [-0.15, -0.1) is 45.3 Å². The fourth-order valence-electron chi connectivity index (χ4n) is 17.0. The van der Waals surface area contributed by atoms with E-state index in [0.717, 1.165) is 131 Å². The lowest BCUT2D eigenvalue weighted by Crippen LogP contribution is -2.00. The Hall–Kier alpha value is -14.0. The summed E-state index contributed by atoms with van der Waals surface area (Å²) in [6, 6.07) is 121. The van der Waals surface area contributed by atoms with E-state index >= 15 is 0 Å². The third kappa shape index (κ3) is 10.6. The standard InChI is InChI=1S/C102H56N6O2S4/c1-4-20-57(21-5-1)97-103-98(58-22-6-2-7-23-58)106-101(105-97)64-38-42-71-78-50-61(41-47-88(78)112-89(71)54-64)67-51-79(93-76-31-13-17-37-86(76)113-91(93)56-67)73-45-44-68(95-94(73)75-30-11-15-34-83(75)110-95)62-26-18-27-63(48-62)100-104-99(59-24-8-3-9-25-59)107-102(108-100)65-39-43-70-77-49-60(40-46-87(77)111-90(70)55-65)66-52-80-69-28-12-16-36-85(69)114-96(80)81(53-66)72-32-19-35-84-92(72)74-29-10-14-33-82(74)109-84/h1-56H. The van der Waals surface area contributed by atoms with Crippen LogP contribution < -0.4 is 0 Å². The van der Waals surface area contributed by atoms with Gasteiger partial charge in [-0.3, -0.25) is 0 Å². The van der Waals surface area contributed by atoms with Crippen LogP contribution in [0.1, 0.15) is 0 Å². The van der Waals surface area contributed by atoms with E-state index in [0.29, 0.717) is 34.9 Å². The Labute approximate surface area is 667 Å². The maximum Gasteiger partial charge on any atom is 0.164 e. The van der Waals surface area contributed by atoms with Gasteiger partial charge in [-0.05, 0) is 148 Å². The van der Waals surface area contributed by atoms with Crippen molar-refractivity contribution in [2.45, 2.75) is 0 Å². The van der Waals surface area contributed by atoms with Crippen LogP contribution in [0, 0.1) is 0 Å². The Morgan fingerprint density at radius 1 is 0.175 bits per heavy atom. The Bertz CT molecular complexity index is 8080. The lowest BCUT2D eigenvalue weighted by molar-refractivity contribution is 0.669. The van der Waals surface area contributed by atoms with Crippen LogP contribution in [0.5, 0.6) is 0 Å². The van der Waals surface area contributed by atoms with Gasteiger partial charge in [-0.1, -0.05) is 237 Å². The van der Waals surface area contributed by atoms with Crippen molar-refractivity contribution < 1.29 is 8.83 Å². The zero-order valence-corrected chi connectivity index (χ0v) is 63.7. The quantitative estimate of drug-likeness (QED) is 0.126. The summed E-state index contributed by atoms with van der Waals surface area (Å²) in [5.41, 5.74) is 20.1. The fourth-order valence-corrected chi connectivity index (χ4v) is 21.6. The molecule has 0 aliphatic carbocycles. The maximum absolute atomic E-state index is 7.17. The van der Waals surface area contributed by atoms with Crippen molar-refractivity contribution in [1.29, 1.82) is 0 Å². The molecule has 0 spiro atoms. The molecule has 0 aliphatic heterocycles. The summed E-state index contributed by atoms with van der Waals surface area (Å²) in [6.45, 7) is 0. The van der Waals surface area contributed by atoms with Gasteiger partial charge in [0.25, 0.3) is 0 Å². The zero-order valence-electron chi connectivity index (χ0n) is 60.5. The van der Waals surface area contributed by atoms with E-state index in [4.69, 9.17) is 38.7 Å². The molecule has 16 aromatic carbocycles. The van der Waals surface area contributed by atoms with Crippen LogP contribution in [-0.2, 0) is 0 Å². The van der Waals surface area contributed by atoms with Gasteiger partial charge in [0.1, 0.15) is 22.3 Å². The third-order valence-electron chi connectivity index (χ3n) is 22.4. The molecular formula is C102H56N6O2S4. The van der Waals surface area contributed by atoms with Crippen molar-refractivity contribution >= 4 is 170 Å². The van der Waals surface area contributed by atoms with Crippen molar-refractivity contribution in [3.63, 3.8) is 0 Å². The molecule has 0 saturated heterocycles. The third-order valence-corrected chi connectivity index (χ3v) is 27.0. The predicted molar refractivity (Wildman–Crippen MR) is 479 cm³/mol. The van der Waals surface area contributed by atoms with Gasteiger partial charge in [0, 0.05) is 147 Å². The fraction of sp³-hybridized carbons (Fsp3) is 0. The number of thiophene rings is 4. The van der Waals surface area contributed by atoms with E-state index < -0.39 is 0 Å². The summed E-state index contributed by atoms with van der Waals surface area (Å²) in [5.74, 6) is 3.68. The number of fused-ring (bicyclic) bond motifs is 18. The minimum atomic E-state index is 0.572. The summed E-state index contributed by atoms with van der Waals surface area (Å²) in [6.07, 6.45) is 0. The van der Waals surface area contributed by atoms with Crippen molar-refractivity contribution in [2.75, 3.05) is 0 Å². The molecule has 8 heterocycles. The summed E-state index contributed by atoms with van der Waals surface area (Å²) in [4.78, 5) is 31.1. The largest absolute Gasteiger partial charge is 0.456 e. The number of nitrogens with zero attached hydrogens (tertiary/aromatic N) is 6. The summed E-state index contributed by atoms with van der Waals surface area (Å²) in [7, 11) is 0. The highest BCUT2D eigenvalue weighted by molar-refractivity contribution is 7.27. The van der Waals surface area contributed by atoms with Crippen LogP contribution in [0.25, 0.3) is 249 Å². The second-order valence-corrected chi connectivity index (χ2v) is 33.4. The second kappa shape index (κ2) is 25.8. The molecule has 24 rings (SSSR count). The molecule has 0 aliphatic rings. The zero-order chi connectivity index (χ0) is 74.6. The van der Waals surface area contributed by atoms with Crippen molar-refractivity contribution in [3.8, 4) is 124 Å². The molecule has 0 amide bonds. The van der Waals surface area contributed by atoms with Gasteiger partial charge < -0.3 is 8.83 Å². The Morgan fingerprint density at radius 3 is 1.19 bits per heavy atom. The van der Waals surface area contributed by atoms with E-state index in [9.17, 15) is 0 Å². The molecule has 530 valence electrons. The SMILES string of the molecule is c1ccc(-c2nc(-c3ccccc3)nc(-c3ccc4c(c3)sc3ccc(-c5cc(-c6ccc(-c7cccc(-c8nc(-c9ccccc9)nc(-c9ccc%10c(c9)sc9ccc(-c%11cc(-c%12cccc%13oc%14ccccc%14c%12%13)c%12sc%13ccccc%13c%12c%11)cc9%10)n8)c7)c7oc8ccccc8c67)c6c(c5)sc5ccccc56)cc34)n2)cc1. The Balaban J connectivity index is 0.599. The first-order chi connectivity index (χ1) is 56.4. The van der Waals surface area contributed by atoms with E-state index in [2.05, 4.69) is 255 Å². The highest BCUT2D eigenvalue weighted by atomic mass is 32.1. The van der Waals surface area contributed by atoms with Gasteiger partial charge in [0.2, 0.25) is 0 Å². The van der Waals surface area contributed by atoms with Gasteiger partial charge in [-0.2, -0.15) is 0 Å². The molecule has 8 aromatic heterocycles. The van der Waals surface area contributed by atoms with Crippen LogP contribution in [0.2, 0.25) is 0 Å².